The van der Waals surface area contributed by atoms with Crippen LogP contribution in [0.15, 0.2) is 54.9 Å². The molecule has 1 saturated heterocycles. The fourth-order valence-corrected chi connectivity index (χ4v) is 5.25. The van der Waals surface area contributed by atoms with Crippen molar-refractivity contribution in [2.45, 2.75) is 20.4 Å². The van der Waals surface area contributed by atoms with Crippen LogP contribution in [0.5, 0.6) is 0 Å². The highest BCUT2D eigenvalue weighted by Gasteiger charge is 2.26. The zero-order valence-corrected chi connectivity index (χ0v) is 18.6. The number of benzene rings is 1. The van der Waals surface area contributed by atoms with Gasteiger partial charge in [0, 0.05) is 61.8 Å². The number of amides is 1. The van der Waals surface area contributed by atoms with Crippen LogP contribution in [0.3, 0.4) is 0 Å². The fraction of sp³-hybridized carbons (Fsp3) is 0.292. The van der Waals surface area contributed by atoms with E-state index < -0.39 is 0 Å². The SMILES string of the molecule is CCn1cc(-c2nc(C)c(C(=O)N3CCN(c4ccccc4)CC3)s2)c2cccnc21. The van der Waals surface area contributed by atoms with E-state index in [1.807, 2.05) is 30.2 Å². The molecule has 0 radical (unpaired) electrons. The Balaban J connectivity index is 1.38. The Labute approximate surface area is 185 Å². The highest BCUT2D eigenvalue weighted by Crippen LogP contribution is 2.34. The van der Waals surface area contributed by atoms with Gasteiger partial charge in [-0.15, -0.1) is 11.3 Å². The van der Waals surface area contributed by atoms with Gasteiger partial charge < -0.3 is 14.4 Å². The molecule has 3 aromatic heterocycles. The van der Waals surface area contributed by atoms with Gasteiger partial charge in [0.2, 0.25) is 0 Å². The van der Waals surface area contributed by atoms with Crippen molar-refractivity contribution in [2.24, 2.45) is 0 Å². The number of aromatic nitrogens is 3. The van der Waals surface area contributed by atoms with Crippen molar-refractivity contribution in [1.82, 2.24) is 19.4 Å². The van der Waals surface area contributed by atoms with Crippen LogP contribution in [0.4, 0.5) is 5.69 Å². The number of fused-ring (bicyclic) bond motifs is 1. The number of hydrogen-bond acceptors (Lipinski definition) is 5. The summed E-state index contributed by atoms with van der Waals surface area (Å²) in [5.41, 5.74) is 4.02. The van der Waals surface area contributed by atoms with Gasteiger partial charge >= 0.3 is 0 Å². The van der Waals surface area contributed by atoms with Crippen LogP contribution in [0.25, 0.3) is 21.6 Å². The number of thiazole rings is 1. The first-order chi connectivity index (χ1) is 15.2. The van der Waals surface area contributed by atoms with Crippen molar-refractivity contribution in [2.75, 3.05) is 31.1 Å². The second-order valence-corrected chi connectivity index (χ2v) is 8.75. The van der Waals surface area contributed by atoms with Crippen LogP contribution < -0.4 is 4.90 Å². The van der Waals surface area contributed by atoms with Crippen LogP contribution in [0.1, 0.15) is 22.3 Å². The molecule has 0 aliphatic carbocycles. The number of carbonyl (C=O) groups excluding carboxylic acids is 1. The van der Waals surface area contributed by atoms with Crippen molar-refractivity contribution in [3.05, 3.63) is 65.4 Å². The van der Waals surface area contributed by atoms with Gasteiger partial charge in [-0.3, -0.25) is 4.79 Å². The number of pyridine rings is 1. The largest absolute Gasteiger partial charge is 0.368 e. The standard InChI is InChI=1S/C24H25N5OS/c1-3-27-16-20(19-10-7-11-25-22(19)27)23-26-17(2)21(31-23)24(30)29-14-12-28(13-15-29)18-8-5-4-6-9-18/h4-11,16H,3,12-15H2,1-2H3. The molecule has 1 aliphatic heterocycles. The molecule has 0 bridgehead atoms. The first kappa shape index (κ1) is 19.8. The molecule has 1 fully saturated rings. The van der Waals surface area contributed by atoms with Gasteiger partial charge in [0.1, 0.15) is 15.5 Å². The zero-order valence-electron chi connectivity index (χ0n) is 17.8. The summed E-state index contributed by atoms with van der Waals surface area (Å²) in [4.78, 5) is 27.6. The number of rotatable bonds is 4. The first-order valence-electron chi connectivity index (χ1n) is 10.7. The van der Waals surface area contributed by atoms with E-state index in [-0.39, 0.29) is 5.91 Å². The van der Waals surface area contributed by atoms with E-state index in [4.69, 9.17) is 4.98 Å². The summed E-state index contributed by atoms with van der Waals surface area (Å²) in [5, 5.41) is 1.96. The van der Waals surface area contributed by atoms with Gasteiger partial charge in [-0.1, -0.05) is 18.2 Å². The minimum Gasteiger partial charge on any atom is -0.368 e. The lowest BCUT2D eigenvalue weighted by Gasteiger charge is -2.36. The van der Waals surface area contributed by atoms with E-state index in [1.165, 1.54) is 17.0 Å². The second kappa shape index (κ2) is 8.15. The Morgan fingerprint density at radius 1 is 1.06 bits per heavy atom. The van der Waals surface area contributed by atoms with Crippen LogP contribution in [0, 0.1) is 6.92 Å². The normalized spacial score (nSPS) is 14.4. The molecule has 7 heteroatoms. The number of piperazine rings is 1. The smallest absolute Gasteiger partial charge is 0.265 e. The van der Waals surface area contributed by atoms with Crippen LogP contribution in [-0.4, -0.2) is 51.5 Å². The quantitative estimate of drug-likeness (QED) is 0.479. The fourth-order valence-electron chi connectivity index (χ4n) is 4.19. The number of hydrogen-bond donors (Lipinski definition) is 0. The molecule has 1 aromatic carbocycles. The third kappa shape index (κ3) is 3.59. The molecule has 0 atom stereocenters. The van der Waals surface area contributed by atoms with Crippen LogP contribution in [-0.2, 0) is 6.54 Å². The lowest BCUT2D eigenvalue weighted by molar-refractivity contribution is 0.0750. The monoisotopic (exact) mass is 431 g/mol. The Morgan fingerprint density at radius 3 is 2.58 bits per heavy atom. The maximum Gasteiger partial charge on any atom is 0.265 e. The minimum absolute atomic E-state index is 0.0892. The van der Waals surface area contributed by atoms with Crippen LogP contribution >= 0.6 is 11.3 Å². The van der Waals surface area contributed by atoms with Crippen molar-refractivity contribution in [1.29, 1.82) is 0 Å². The third-order valence-corrected chi connectivity index (χ3v) is 7.06. The van der Waals surface area contributed by atoms with Gasteiger partial charge in [-0.2, -0.15) is 0 Å². The number of para-hydroxylation sites is 1. The zero-order chi connectivity index (χ0) is 21.4. The van der Waals surface area contributed by atoms with Crippen molar-refractivity contribution in [3.63, 3.8) is 0 Å². The molecular weight excluding hydrogens is 406 g/mol. The molecule has 158 valence electrons. The summed E-state index contributed by atoms with van der Waals surface area (Å²) < 4.78 is 2.13. The van der Waals surface area contributed by atoms with E-state index in [0.717, 1.165) is 64.9 Å². The molecule has 0 unspecified atom stereocenters. The maximum atomic E-state index is 13.3. The number of aryl methyl sites for hydroxylation is 2. The van der Waals surface area contributed by atoms with Gasteiger partial charge in [0.05, 0.1) is 5.69 Å². The maximum absolute atomic E-state index is 13.3. The molecule has 0 saturated carbocycles. The first-order valence-corrected chi connectivity index (χ1v) is 11.5. The Kier molecular flexibility index (Phi) is 5.19. The number of anilines is 1. The van der Waals surface area contributed by atoms with E-state index in [0.29, 0.717) is 0 Å². The van der Waals surface area contributed by atoms with Gasteiger partial charge in [-0.05, 0) is 38.1 Å². The van der Waals surface area contributed by atoms with Crippen LogP contribution in [0.2, 0.25) is 0 Å². The van der Waals surface area contributed by atoms with Crippen molar-refractivity contribution < 1.29 is 4.79 Å². The molecule has 4 aromatic rings. The highest BCUT2D eigenvalue weighted by atomic mass is 32.1. The average Bonchev–Trinajstić information content (AvgIpc) is 3.39. The summed E-state index contributed by atoms with van der Waals surface area (Å²) in [6.45, 7) is 8.01. The summed E-state index contributed by atoms with van der Waals surface area (Å²) >= 11 is 1.49. The second-order valence-electron chi connectivity index (χ2n) is 7.75. The van der Waals surface area contributed by atoms with E-state index in [1.54, 1.807) is 0 Å². The van der Waals surface area contributed by atoms with Gasteiger partial charge in [0.15, 0.2) is 0 Å². The lowest BCUT2D eigenvalue weighted by Crippen LogP contribution is -2.48. The summed E-state index contributed by atoms with van der Waals surface area (Å²) in [7, 11) is 0. The predicted octanol–water partition coefficient (Wildman–Crippen LogP) is 4.45. The highest BCUT2D eigenvalue weighted by molar-refractivity contribution is 7.17. The topological polar surface area (TPSA) is 54.3 Å². The molecule has 0 spiro atoms. The molecule has 1 amide bonds. The van der Waals surface area contributed by atoms with Gasteiger partial charge in [0.25, 0.3) is 5.91 Å². The minimum atomic E-state index is 0.0892. The molecule has 31 heavy (non-hydrogen) atoms. The molecule has 5 rings (SSSR count). The predicted molar refractivity (Wildman–Crippen MR) is 126 cm³/mol. The molecular formula is C24H25N5OS. The summed E-state index contributed by atoms with van der Waals surface area (Å²) in [5.74, 6) is 0.0892. The number of nitrogens with zero attached hydrogens (tertiary/aromatic N) is 5. The summed E-state index contributed by atoms with van der Waals surface area (Å²) in [6.07, 6.45) is 3.91. The molecule has 6 nitrogen and oxygen atoms in total. The van der Waals surface area contributed by atoms with E-state index in [2.05, 4.69) is 57.9 Å². The number of carbonyl (C=O) groups is 1. The lowest BCUT2D eigenvalue weighted by atomic mass is 10.2. The molecule has 0 N–H and O–H groups in total. The van der Waals surface area contributed by atoms with Gasteiger partial charge in [-0.25, -0.2) is 9.97 Å². The Bertz CT molecular complexity index is 1220. The Morgan fingerprint density at radius 2 is 1.84 bits per heavy atom. The van der Waals surface area contributed by atoms with E-state index >= 15 is 0 Å². The molecule has 4 heterocycles. The average molecular weight is 432 g/mol. The Hall–Kier alpha value is -3.19. The van der Waals surface area contributed by atoms with Crippen molar-refractivity contribution in [3.8, 4) is 10.6 Å². The van der Waals surface area contributed by atoms with E-state index in [9.17, 15) is 4.79 Å². The molecule has 1 aliphatic rings. The third-order valence-electron chi connectivity index (χ3n) is 5.88. The van der Waals surface area contributed by atoms with Crippen molar-refractivity contribution >= 4 is 34.0 Å². The summed E-state index contributed by atoms with van der Waals surface area (Å²) in [6, 6.07) is 14.4.